The monoisotopic (exact) mass is 893 g/mol. The van der Waals surface area contributed by atoms with E-state index in [1.807, 2.05) is 0 Å². The molecule has 13 unspecified atom stereocenters. The van der Waals surface area contributed by atoms with Gasteiger partial charge in [-0.2, -0.15) is 5.70 Å². The Morgan fingerprint density at radius 3 is 2.11 bits per heavy atom. The number of aliphatic imine (C=N–C) groups is 3. The Bertz CT molecular complexity index is 2070. The minimum Gasteiger partial charge on any atom is -0.684 e. The molecular weight excluding hydrogens is 843 g/mol. The number of carboxylic acids is 5. The zero-order chi connectivity index (χ0) is 43.6. The van der Waals surface area contributed by atoms with Crippen LogP contribution in [0.2, 0.25) is 0 Å². The number of allylic oxidation sites excluding steroid dienone is 2. The van der Waals surface area contributed by atoms with Crippen molar-refractivity contribution >= 4 is 64.6 Å². The van der Waals surface area contributed by atoms with Crippen molar-refractivity contribution in [2.75, 3.05) is 0 Å². The minimum absolute atomic E-state index is 0. The van der Waals surface area contributed by atoms with Crippen molar-refractivity contribution in [3.63, 3.8) is 0 Å². The van der Waals surface area contributed by atoms with Crippen molar-refractivity contribution < 1.29 is 80.4 Å². The Hall–Kier alpha value is -5.00. The van der Waals surface area contributed by atoms with Crippen molar-refractivity contribution in [3.8, 4) is 0 Å². The predicted octanol–water partition coefficient (Wildman–Crippen LogP) is 2.45. The molecule has 2 amide bonds. The van der Waals surface area contributed by atoms with Gasteiger partial charge in [-0.3, -0.25) is 53.3 Å². The van der Waals surface area contributed by atoms with E-state index in [1.54, 1.807) is 19.9 Å². The SMILES string of the molecule is CC1(C(N)=O)C2=NC(CC34N=C(C=C5[N-]C(C6C(=O)CCC7C6=NC(C2)C7CC(=O)O)C(CCC(=O)O)C5CC(=O)O)C(CCC(=O)O)C3(C)CC(=O)N4)C1CCC(=O)O.[Ni+2]. The van der Waals surface area contributed by atoms with Crippen LogP contribution in [-0.2, 0) is 54.8 Å². The fraction of sp³-hybridized carbons (Fsp3) is 0.683. The summed E-state index contributed by atoms with van der Waals surface area (Å²) < 4.78 is 0. The van der Waals surface area contributed by atoms with E-state index < -0.39 is 118 Å². The first-order valence-electron chi connectivity index (χ1n) is 20.6. The smallest absolute Gasteiger partial charge is 0.684 e. The molecule has 2 saturated heterocycles. The summed E-state index contributed by atoms with van der Waals surface area (Å²) >= 11 is 0. The van der Waals surface area contributed by atoms with Crippen LogP contribution >= 0.6 is 0 Å². The quantitative estimate of drug-likeness (QED) is 0.123. The molecule has 1 spiro atoms. The van der Waals surface area contributed by atoms with Gasteiger partial charge >= 0.3 is 46.3 Å². The zero-order valence-electron chi connectivity index (χ0n) is 33.7. The van der Waals surface area contributed by atoms with Crippen LogP contribution in [0.1, 0.15) is 97.3 Å². The molecule has 20 heteroatoms. The Kier molecular flexibility index (Phi) is 12.5. The fourth-order valence-corrected chi connectivity index (χ4v) is 12.1. The second-order valence-electron chi connectivity index (χ2n) is 18.1. The molecule has 1 aliphatic carbocycles. The Balaban J connectivity index is 0.00000622. The molecular formula is C41H51N6NiO13+. The molecule has 7 aliphatic rings. The van der Waals surface area contributed by atoms with E-state index in [1.165, 1.54) is 0 Å². The number of hydrogen-bond donors (Lipinski definition) is 7. The summed E-state index contributed by atoms with van der Waals surface area (Å²) in [6.45, 7) is 3.38. The van der Waals surface area contributed by atoms with Gasteiger partial charge in [0.2, 0.25) is 11.8 Å². The summed E-state index contributed by atoms with van der Waals surface area (Å²) in [6, 6.07) is -2.69. The van der Waals surface area contributed by atoms with Crippen molar-refractivity contribution in [1.82, 2.24) is 5.32 Å². The maximum Gasteiger partial charge on any atom is 2.00 e. The topological polar surface area (TPSA) is 327 Å². The van der Waals surface area contributed by atoms with Gasteiger partial charge in [-0.15, -0.1) is 6.04 Å². The van der Waals surface area contributed by atoms with E-state index >= 15 is 0 Å². The minimum atomic E-state index is -1.56. The molecule has 0 radical (unpaired) electrons. The van der Waals surface area contributed by atoms with Gasteiger partial charge in [0.25, 0.3) is 0 Å². The zero-order valence-corrected chi connectivity index (χ0v) is 34.7. The maximum atomic E-state index is 14.2. The molecule has 8 N–H and O–H groups in total. The number of amides is 2. The van der Waals surface area contributed by atoms with Crippen molar-refractivity contribution in [2.24, 2.45) is 73.0 Å². The molecule has 19 nitrogen and oxygen atoms in total. The molecule has 1 saturated carbocycles. The Labute approximate surface area is 360 Å². The first-order valence-corrected chi connectivity index (χ1v) is 20.6. The molecule has 332 valence electrons. The number of primary amides is 1. The number of nitrogens with zero attached hydrogens (tertiary/aromatic N) is 4. The molecule has 0 aromatic heterocycles. The van der Waals surface area contributed by atoms with Crippen LogP contribution in [0.5, 0.6) is 0 Å². The third-order valence-corrected chi connectivity index (χ3v) is 15.0. The summed E-state index contributed by atoms with van der Waals surface area (Å²) in [5.41, 5.74) is 3.24. The molecule has 6 heterocycles. The number of hydrogen-bond acceptors (Lipinski definition) is 11. The second-order valence-corrected chi connectivity index (χ2v) is 18.1. The van der Waals surface area contributed by atoms with Crippen molar-refractivity contribution in [2.45, 2.75) is 121 Å². The van der Waals surface area contributed by atoms with E-state index in [4.69, 9.17) is 26.0 Å². The van der Waals surface area contributed by atoms with Crippen molar-refractivity contribution in [1.29, 1.82) is 0 Å². The van der Waals surface area contributed by atoms with Crippen LogP contribution < -0.4 is 11.1 Å². The third kappa shape index (κ3) is 7.88. The predicted molar refractivity (Wildman–Crippen MR) is 209 cm³/mol. The van der Waals surface area contributed by atoms with Gasteiger partial charge in [0.1, 0.15) is 11.4 Å². The summed E-state index contributed by atoms with van der Waals surface area (Å²) in [6.07, 6.45) is -0.328. The number of carbonyl (C=O) groups excluding carboxylic acids is 3. The van der Waals surface area contributed by atoms with E-state index in [0.717, 1.165) is 0 Å². The summed E-state index contributed by atoms with van der Waals surface area (Å²) in [5, 5.41) is 58.1. The number of aliphatic carboxylic acids is 5. The van der Waals surface area contributed by atoms with E-state index in [0.29, 0.717) is 11.4 Å². The molecule has 7 rings (SSSR count). The molecule has 8 bridgehead atoms. The number of carbonyl (C=O) groups is 8. The first kappa shape index (κ1) is 45.5. The maximum absolute atomic E-state index is 14.2. The first-order chi connectivity index (χ1) is 28.2. The molecule has 0 aromatic rings. The van der Waals surface area contributed by atoms with Gasteiger partial charge in [0.05, 0.1) is 30.3 Å². The third-order valence-electron chi connectivity index (χ3n) is 15.0. The number of carboxylic acid groups (broad SMARTS) is 5. The Morgan fingerprint density at radius 1 is 0.852 bits per heavy atom. The number of rotatable bonds is 14. The van der Waals surface area contributed by atoms with E-state index in [-0.39, 0.29) is 117 Å². The molecule has 6 aliphatic heterocycles. The normalized spacial score (nSPS) is 38.1. The van der Waals surface area contributed by atoms with Crippen LogP contribution in [0.3, 0.4) is 0 Å². The Morgan fingerprint density at radius 2 is 1.49 bits per heavy atom. The summed E-state index contributed by atoms with van der Waals surface area (Å²) in [7, 11) is 0. The van der Waals surface area contributed by atoms with E-state index in [9.17, 15) is 63.9 Å². The van der Waals surface area contributed by atoms with Gasteiger partial charge in [-0.05, 0) is 44.4 Å². The number of ketones is 1. The largest absolute Gasteiger partial charge is 2.00 e. The van der Waals surface area contributed by atoms with Crippen LogP contribution in [0.15, 0.2) is 26.8 Å². The molecule has 0 aromatic carbocycles. The number of Topliss-reactive ketones (excluding diaryl/α,β-unsaturated/α-hetero) is 1. The number of nitrogens with one attached hydrogen (secondary N) is 1. The summed E-state index contributed by atoms with van der Waals surface area (Å²) in [4.78, 5) is 118. The molecule has 61 heavy (non-hydrogen) atoms. The second kappa shape index (κ2) is 16.7. The van der Waals surface area contributed by atoms with Crippen LogP contribution in [-0.4, -0.2) is 114 Å². The number of nitrogens with two attached hydrogens (primary N) is 1. The average molecular weight is 895 g/mol. The van der Waals surface area contributed by atoms with Crippen LogP contribution in [0, 0.1) is 52.3 Å². The van der Waals surface area contributed by atoms with Gasteiger partial charge in [-0.25, -0.2) is 0 Å². The van der Waals surface area contributed by atoms with Crippen molar-refractivity contribution in [3.05, 3.63) is 17.1 Å². The number of fused-ring (bicyclic) bond motifs is 5. The molecule has 13 atom stereocenters. The van der Waals surface area contributed by atoms with Gasteiger partial charge in [0.15, 0.2) is 0 Å². The standard InChI is InChI=1S/C41H52N6O13.Ni/c1-39-16-29(49)47-41(39)15-26-22(6-10-32(54)55)40(2,38(42)60)28(43-26)14-24-20(12-34(58)59)17-3-7-27(48)35(36(17)45-24)37-18(4-8-30(50)51)19(11-33(56)57)23(44-37)13-25(46-41)21(39)5-9-31(52)53;/h13,17-22,24,26,35,37H,3-12,14-16H2,1-2H3,(H9,42,44,46,47,49,50,51,52,53,54,55,56,57,58,59,60);/q;+2/p-1. The molecule has 3 fully saturated rings. The van der Waals surface area contributed by atoms with Gasteiger partial charge in [-0.1, -0.05) is 13.0 Å². The van der Waals surface area contributed by atoms with Gasteiger partial charge < -0.3 is 41.9 Å². The van der Waals surface area contributed by atoms with Gasteiger partial charge in [0, 0.05) is 97.1 Å². The summed E-state index contributed by atoms with van der Waals surface area (Å²) in [5.74, 6) is -12.7. The van der Waals surface area contributed by atoms with Crippen LogP contribution in [0.25, 0.3) is 5.32 Å². The average Bonchev–Trinajstić information content (AvgIpc) is 3.84. The van der Waals surface area contributed by atoms with Crippen LogP contribution in [0.4, 0.5) is 0 Å². The fourth-order valence-electron chi connectivity index (χ4n) is 12.1. The van der Waals surface area contributed by atoms with E-state index in [2.05, 4.69) is 5.32 Å².